The molecule has 1 aliphatic rings. The number of amides is 1. The lowest BCUT2D eigenvalue weighted by Crippen LogP contribution is -2.39. The monoisotopic (exact) mass is 542 g/mol. The van der Waals surface area contributed by atoms with Crippen LogP contribution >= 0.6 is 11.6 Å². The number of halogens is 1. The van der Waals surface area contributed by atoms with Crippen LogP contribution in [0.4, 0.5) is 5.69 Å². The molecule has 9 heteroatoms. The number of aryl methyl sites for hydroxylation is 1. The summed E-state index contributed by atoms with van der Waals surface area (Å²) in [5.41, 5.74) is 4.58. The fourth-order valence-corrected chi connectivity index (χ4v) is 5.60. The number of para-hydroxylation sites is 2. The molecule has 0 saturated heterocycles. The molecule has 0 atom stereocenters. The van der Waals surface area contributed by atoms with Gasteiger partial charge in [0, 0.05) is 38.6 Å². The Labute approximate surface area is 232 Å². The molecule has 1 fully saturated rings. The van der Waals surface area contributed by atoms with Gasteiger partial charge in [-0.05, 0) is 74.9 Å². The van der Waals surface area contributed by atoms with E-state index in [1.165, 1.54) is 6.20 Å². The van der Waals surface area contributed by atoms with Gasteiger partial charge in [0.2, 0.25) is 0 Å². The summed E-state index contributed by atoms with van der Waals surface area (Å²) in [5, 5.41) is 13.4. The number of imidazole rings is 1. The first kappa shape index (κ1) is 26.5. The quantitative estimate of drug-likeness (QED) is 0.367. The zero-order chi connectivity index (χ0) is 27.7. The summed E-state index contributed by atoms with van der Waals surface area (Å²) < 4.78 is 3.50. The van der Waals surface area contributed by atoms with Crippen LogP contribution in [0, 0.1) is 24.2 Å². The maximum Gasteiger partial charge on any atom is 0.333 e. The van der Waals surface area contributed by atoms with Gasteiger partial charge in [-0.1, -0.05) is 23.7 Å². The highest BCUT2D eigenvalue weighted by atomic mass is 35.5. The Balaban J connectivity index is 1.37. The maximum atomic E-state index is 13.9. The molecular weight excluding hydrogens is 512 g/mol. The number of nitriles is 1. The van der Waals surface area contributed by atoms with Gasteiger partial charge in [-0.2, -0.15) is 5.26 Å². The summed E-state index contributed by atoms with van der Waals surface area (Å²) in [5.74, 6) is 0.145. The molecule has 4 aromatic rings. The third-order valence-electron chi connectivity index (χ3n) is 7.62. The Hall–Kier alpha value is -4.09. The van der Waals surface area contributed by atoms with Gasteiger partial charge in [-0.3, -0.25) is 18.9 Å². The first-order valence-corrected chi connectivity index (χ1v) is 13.5. The highest BCUT2D eigenvalue weighted by Crippen LogP contribution is 2.29. The number of anilines is 1. The van der Waals surface area contributed by atoms with Crippen molar-refractivity contribution in [1.82, 2.24) is 19.4 Å². The van der Waals surface area contributed by atoms with E-state index < -0.39 is 0 Å². The summed E-state index contributed by atoms with van der Waals surface area (Å²) in [6.07, 6.45) is 4.99. The number of carbonyl (C=O) groups excluding carboxylic acids is 1. The van der Waals surface area contributed by atoms with Gasteiger partial charge in [-0.25, -0.2) is 4.79 Å². The largest absolute Gasteiger partial charge is 0.378 e. The molecule has 0 aliphatic heterocycles. The zero-order valence-electron chi connectivity index (χ0n) is 22.3. The normalized spacial score (nSPS) is 17.1. The molecule has 0 unspecified atom stereocenters. The molecule has 1 amide bonds. The minimum absolute atomic E-state index is 0.0668. The smallest absolute Gasteiger partial charge is 0.333 e. The van der Waals surface area contributed by atoms with Crippen molar-refractivity contribution in [3.63, 3.8) is 0 Å². The van der Waals surface area contributed by atoms with Gasteiger partial charge < -0.3 is 10.2 Å². The average Bonchev–Trinajstić information content (AvgIpc) is 3.21. The number of pyridine rings is 1. The number of benzene rings is 2. The Morgan fingerprint density at radius 2 is 1.85 bits per heavy atom. The van der Waals surface area contributed by atoms with Crippen LogP contribution in [0.1, 0.15) is 47.3 Å². The van der Waals surface area contributed by atoms with Crippen molar-refractivity contribution in [3.8, 4) is 11.8 Å². The van der Waals surface area contributed by atoms with Crippen LogP contribution in [-0.4, -0.2) is 40.2 Å². The van der Waals surface area contributed by atoms with E-state index in [0.29, 0.717) is 40.0 Å². The molecule has 0 radical (unpaired) electrons. The van der Waals surface area contributed by atoms with E-state index in [0.717, 1.165) is 42.4 Å². The highest BCUT2D eigenvalue weighted by Gasteiger charge is 2.26. The second-order valence-corrected chi connectivity index (χ2v) is 10.8. The number of aromatic nitrogens is 3. The van der Waals surface area contributed by atoms with Gasteiger partial charge in [0.15, 0.2) is 0 Å². The summed E-state index contributed by atoms with van der Waals surface area (Å²) >= 11 is 6.04. The second-order valence-electron chi connectivity index (χ2n) is 10.4. The standard InChI is InChI=1S/C30H31ClN6O2/c1-19-25(14-22(31)17-33-19)29(38)34-23-11-8-20(9-12-23)18-36-26-6-4-5-7-27(26)37(30(36)39)28-15-24(35(2)3)13-10-21(28)16-32/h4-7,10,13-15,17,20,23H,8-9,11-12,18H2,1-3H3,(H,34,38). The zero-order valence-corrected chi connectivity index (χ0v) is 23.1. The third kappa shape index (κ3) is 5.27. The van der Waals surface area contributed by atoms with E-state index in [9.17, 15) is 14.9 Å². The molecule has 1 aliphatic carbocycles. The number of nitrogens with one attached hydrogen (secondary N) is 1. The second kappa shape index (κ2) is 11.0. The number of hydrogen-bond acceptors (Lipinski definition) is 5. The SMILES string of the molecule is Cc1ncc(Cl)cc1C(=O)NC1CCC(Cn2c(=O)n(-c3cc(N(C)C)ccc3C#N)c3ccccc32)CC1. The predicted octanol–water partition coefficient (Wildman–Crippen LogP) is 5.08. The predicted molar refractivity (Wildman–Crippen MR) is 154 cm³/mol. The van der Waals surface area contributed by atoms with Gasteiger partial charge in [0.05, 0.1) is 38.6 Å². The lowest BCUT2D eigenvalue weighted by atomic mass is 9.85. The third-order valence-corrected chi connectivity index (χ3v) is 7.82. The van der Waals surface area contributed by atoms with E-state index in [1.54, 1.807) is 23.6 Å². The molecule has 0 spiro atoms. The van der Waals surface area contributed by atoms with Crippen molar-refractivity contribution in [1.29, 1.82) is 5.26 Å². The van der Waals surface area contributed by atoms with E-state index in [2.05, 4.69) is 16.4 Å². The van der Waals surface area contributed by atoms with Gasteiger partial charge >= 0.3 is 5.69 Å². The molecule has 2 aromatic heterocycles. The Bertz CT molecular complexity index is 1640. The average molecular weight is 543 g/mol. The molecule has 2 heterocycles. The van der Waals surface area contributed by atoms with Crippen LogP contribution in [0.25, 0.3) is 16.7 Å². The van der Waals surface area contributed by atoms with Crippen LogP contribution in [0.15, 0.2) is 59.5 Å². The van der Waals surface area contributed by atoms with Crippen molar-refractivity contribution in [2.45, 2.75) is 45.2 Å². The van der Waals surface area contributed by atoms with E-state index in [4.69, 9.17) is 11.6 Å². The summed E-state index contributed by atoms with van der Waals surface area (Å²) in [6.45, 7) is 2.38. The van der Waals surface area contributed by atoms with E-state index in [-0.39, 0.29) is 17.6 Å². The molecule has 0 bridgehead atoms. The maximum absolute atomic E-state index is 13.9. The van der Waals surface area contributed by atoms with Crippen LogP contribution in [0.5, 0.6) is 0 Å². The summed E-state index contributed by atoms with van der Waals surface area (Å²) in [6, 6.07) is 17.2. The fourth-order valence-electron chi connectivity index (χ4n) is 5.44. The van der Waals surface area contributed by atoms with Crippen LogP contribution in [0.3, 0.4) is 0 Å². The Morgan fingerprint density at radius 1 is 1.13 bits per heavy atom. The number of carbonyl (C=O) groups is 1. The van der Waals surface area contributed by atoms with Gasteiger partial charge in [0.25, 0.3) is 5.91 Å². The lowest BCUT2D eigenvalue weighted by molar-refractivity contribution is 0.0919. The minimum Gasteiger partial charge on any atom is -0.378 e. The van der Waals surface area contributed by atoms with Crippen LogP contribution < -0.4 is 15.9 Å². The molecule has 1 N–H and O–H groups in total. The Morgan fingerprint density at radius 3 is 2.54 bits per heavy atom. The lowest BCUT2D eigenvalue weighted by Gasteiger charge is -2.29. The highest BCUT2D eigenvalue weighted by molar-refractivity contribution is 6.30. The number of fused-ring (bicyclic) bond motifs is 1. The minimum atomic E-state index is -0.154. The molecule has 5 rings (SSSR count). The van der Waals surface area contributed by atoms with Crippen LogP contribution in [0.2, 0.25) is 5.02 Å². The molecule has 1 saturated carbocycles. The molecule has 200 valence electrons. The molecular formula is C30H31ClN6O2. The van der Waals surface area contributed by atoms with Crippen molar-refractivity contribution in [2.75, 3.05) is 19.0 Å². The van der Waals surface area contributed by atoms with E-state index in [1.807, 2.05) is 60.0 Å². The summed E-state index contributed by atoms with van der Waals surface area (Å²) in [4.78, 5) is 32.8. The molecule has 2 aromatic carbocycles. The van der Waals surface area contributed by atoms with Crippen molar-refractivity contribution in [2.24, 2.45) is 5.92 Å². The van der Waals surface area contributed by atoms with Crippen LogP contribution in [-0.2, 0) is 6.54 Å². The van der Waals surface area contributed by atoms with Crippen molar-refractivity contribution < 1.29 is 4.79 Å². The van der Waals surface area contributed by atoms with Crippen molar-refractivity contribution >= 4 is 34.2 Å². The number of nitrogens with zero attached hydrogens (tertiary/aromatic N) is 5. The van der Waals surface area contributed by atoms with Gasteiger partial charge in [0.1, 0.15) is 6.07 Å². The Kier molecular flexibility index (Phi) is 7.45. The van der Waals surface area contributed by atoms with Crippen molar-refractivity contribution in [3.05, 3.63) is 87.1 Å². The topological polar surface area (TPSA) is 95.9 Å². The molecule has 39 heavy (non-hydrogen) atoms. The first-order chi connectivity index (χ1) is 18.8. The van der Waals surface area contributed by atoms with Gasteiger partial charge in [-0.15, -0.1) is 0 Å². The first-order valence-electron chi connectivity index (χ1n) is 13.1. The summed E-state index contributed by atoms with van der Waals surface area (Å²) in [7, 11) is 3.87. The fraction of sp³-hybridized carbons (Fsp3) is 0.333. The number of hydrogen-bond donors (Lipinski definition) is 1. The molecule has 8 nitrogen and oxygen atoms in total. The number of rotatable bonds is 6. The van der Waals surface area contributed by atoms with E-state index >= 15 is 0 Å².